The van der Waals surface area contributed by atoms with E-state index in [0.717, 1.165) is 48.4 Å². The molecule has 0 atom stereocenters. The Balaban J connectivity index is 1.95. The van der Waals surface area contributed by atoms with Crippen LogP contribution in [0.3, 0.4) is 0 Å². The van der Waals surface area contributed by atoms with Crippen LogP contribution in [0.1, 0.15) is 31.0 Å². The maximum absolute atomic E-state index is 11.3. The summed E-state index contributed by atoms with van der Waals surface area (Å²) in [5.74, 6) is 1.43. The first kappa shape index (κ1) is 19.3. The Kier molecular flexibility index (Phi) is 5.40. The van der Waals surface area contributed by atoms with Crippen LogP contribution in [0, 0.1) is 14.8 Å². The van der Waals surface area contributed by atoms with Gasteiger partial charge in [-0.3, -0.25) is 14.7 Å². The van der Waals surface area contributed by atoms with Crippen molar-refractivity contribution in [1.29, 1.82) is 0 Å². The molecule has 1 heterocycles. The third-order valence-corrected chi connectivity index (χ3v) is 5.44. The standard InChI is InChI=1S/C22H21N3O3S/c1-2-28-18-12-10-16(11-13-18)24-20-9-4-3-8-19(20)22(29)23-21(24)15-6-5-7-17(14-15)25(26)27/h5-7,10-14H,2-4,8-9H2,1H3. The number of fused-ring (bicyclic) bond motifs is 1. The Hall–Kier alpha value is -3.06. The summed E-state index contributed by atoms with van der Waals surface area (Å²) in [4.78, 5) is 15.6. The Morgan fingerprint density at radius 2 is 1.93 bits per heavy atom. The van der Waals surface area contributed by atoms with E-state index in [9.17, 15) is 10.1 Å². The summed E-state index contributed by atoms with van der Waals surface area (Å²) in [6.45, 7) is 2.55. The van der Waals surface area contributed by atoms with Crippen molar-refractivity contribution in [1.82, 2.24) is 9.55 Å². The highest BCUT2D eigenvalue weighted by Crippen LogP contribution is 2.32. The van der Waals surface area contributed by atoms with Crippen LogP contribution in [0.4, 0.5) is 5.69 Å². The van der Waals surface area contributed by atoms with Crippen molar-refractivity contribution < 1.29 is 9.66 Å². The van der Waals surface area contributed by atoms with Gasteiger partial charge in [-0.2, -0.15) is 0 Å². The Morgan fingerprint density at radius 3 is 2.66 bits per heavy atom. The van der Waals surface area contributed by atoms with Crippen molar-refractivity contribution in [2.45, 2.75) is 32.6 Å². The monoisotopic (exact) mass is 407 g/mol. The number of nitro groups is 1. The van der Waals surface area contributed by atoms with Crippen LogP contribution in [0.15, 0.2) is 48.5 Å². The number of hydrogen-bond donors (Lipinski definition) is 0. The fraction of sp³-hybridized carbons (Fsp3) is 0.273. The molecule has 0 N–H and O–H groups in total. The molecule has 0 radical (unpaired) electrons. The maximum Gasteiger partial charge on any atom is 0.270 e. The highest BCUT2D eigenvalue weighted by molar-refractivity contribution is 7.71. The lowest BCUT2D eigenvalue weighted by Crippen LogP contribution is -2.17. The van der Waals surface area contributed by atoms with Crippen LogP contribution >= 0.6 is 12.2 Å². The predicted octanol–water partition coefficient (Wildman–Crippen LogP) is 5.45. The smallest absolute Gasteiger partial charge is 0.270 e. The molecule has 0 fully saturated rings. The second-order valence-corrected chi connectivity index (χ2v) is 7.33. The quantitative estimate of drug-likeness (QED) is 0.319. The average Bonchev–Trinajstić information content (AvgIpc) is 2.75. The molecule has 148 valence electrons. The summed E-state index contributed by atoms with van der Waals surface area (Å²) in [5, 5.41) is 11.3. The molecular formula is C22H21N3O3S. The van der Waals surface area contributed by atoms with E-state index in [1.165, 1.54) is 6.07 Å². The molecular weight excluding hydrogens is 386 g/mol. The van der Waals surface area contributed by atoms with E-state index in [4.69, 9.17) is 21.9 Å². The number of non-ortho nitro benzene ring substituents is 1. The summed E-state index contributed by atoms with van der Waals surface area (Å²) in [7, 11) is 0. The van der Waals surface area contributed by atoms with Crippen molar-refractivity contribution in [3.8, 4) is 22.8 Å². The van der Waals surface area contributed by atoms with Gasteiger partial charge in [-0.25, -0.2) is 4.98 Å². The molecule has 2 aromatic carbocycles. The van der Waals surface area contributed by atoms with E-state index >= 15 is 0 Å². The minimum absolute atomic E-state index is 0.0335. The molecule has 0 bridgehead atoms. The fourth-order valence-corrected chi connectivity index (χ4v) is 4.10. The van der Waals surface area contributed by atoms with E-state index in [2.05, 4.69) is 4.57 Å². The summed E-state index contributed by atoms with van der Waals surface area (Å²) >= 11 is 5.60. The number of nitro benzene ring substituents is 1. The second kappa shape index (κ2) is 8.13. The van der Waals surface area contributed by atoms with Gasteiger partial charge in [0.2, 0.25) is 0 Å². The number of ether oxygens (including phenoxy) is 1. The molecule has 0 saturated carbocycles. The minimum Gasteiger partial charge on any atom is -0.494 e. The Morgan fingerprint density at radius 1 is 1.17 bits per heavy atom. The van der Waals surface area contributed by atoms with Crippen LogP contribution < -0.4 is 4.74 Å². The molecule has 7 heteroatoms. The zero-order valence-electron chi connectivity index (χ0n) is 16.1. The van der Waals surface area contributed by atoms with Gasteiger partial charge in [0.05, 0.1) is 11.5 Å². The molecule has 3 aromatic rings. The van der Waals surface area contributed by atoms with Crippen molar-refractivity contribution in [3.63, 3.8) is 0 Å². The molecule has 0 saturated heterocycles. The van der Waals surface area contributed by atoms with Crippen molar-refractivity contribution in [2.75, 3.05) is 6.61 Å². The third kappa shape index (κ3) is 3.78. The highest BCUT2D eigenvalue weighted by atomic mass is 32.1. The minimum atomic E-state index is -0.391. The van der Waals surface area contributed by atoms with Gasteiger partial charge in [0.25, 0.3) is 5.69 Å². The van der Waals surface area contributed by atoms with Gasteiger partial charge < -0.3 is 4.74 Å². The van der Waals surface area contributed by atoms with Crippen molar-refractivity contribution in [3.05, 3.63) is 74.5 Å². The Labute approximate surface area is 174 Å². The molecule has 6 nitrogen and oxygen atoms in total. The van der Waals surface area contributed by atoms with Gasteiger partial charge in [0.15, 0.2) is 0 Å². The first-order valence-corrected chi connectivity index (χ1v) is 10.1. The van der Waals surface area contributed by atoms with Gasteiger partial charge in [-0.1, -0.05) is 24.4 Å². The molecule has 0 unspecified atom stereocenters. The zero-order chi connectivity index (χ0) is 20.4. The summed E-state index contributed by atoms with van der Waals surface area (Å²) < 4.78 is 8.25. The van der Waals surface area contributed by atoms with Crippen LogP contribution in [0.2, 0.25) is 0 Å². The van der Waals surface area contributed by atoms with Gasteiger partial charge >= 0.3 is 0 Å². The molecule has 0 amide bonds. The largest absolute Gasteiger partial charge is 0.494 e. The lowest BCUT2D eigenvalue weighted by Gasteiger charge is -2.24. The molecule has 29 heavy (non-hydrogen) atoms. The number of aromatic nitrogens is 2. The molecule has 0 spiro atoms. The number of hydrogen-bond acceptors (Lipinski definition) is 5. The SMILES string of the molecule is CCOc1ccc(-n2c(-c3cccc([N+](=O)[O-])c3)nc(=S)c3c2CCCC3)cc1. The van der Waals surface area contributed by atoms with Gasteiger partial charge in [-0.15, -0.1) is 0 Å². The summed E-state index contributed by atoms with van der Waals surface area (Å²) in [6, 6.07) is 14.4. The first-order chi connectivity index (χ1) is 14.1. The van der Waals surface area contributed by atoms with Crippen LogP contribution in [-0.4, -0.2) is 21.1 Å². The predicted molar refractivity (Wildman–Crippen MR) is 114 cm³/mol. The normalized spacial score (nSPS) is 13.0. The second-order valence-electron chi connectivity index (χ2n) is 6.94. The summed E-state index contributed by atoms with van der Waals surface area (Å²) in [6.07, 6.45) is 3.99. The molecule has 0 aliphatic heterocycles. The van der Waals surface area contributed by atoms with Crippen molar-refractivity contribution >= 4 is 17.9 Å². The molecule has 1 aliphatic rings. The zero-order valence-corrected chi connectivity index (χ0v) is 16.9. The number of nitrogens with zero attached hydrogens (tertiary/aromatic N) is 3. The average molecular weight is 407 g/mol. The first-order valence-electron chi connectivity index (χ1n) is 9.71. The fourth-order valence-electron chi connectivity index (χ4n) is 3.80. The van der Waals surface area contributed by atoms with E-state index in [1.807, 2.05) is 37.3 Å². The molecule has 1 aromatic heterocycles. The van der Waals surface area contributed by atoms with Crippen molar-refractivity contribution in [2.24, 2.45) is 0 Å². The lowest BCUT2D eigenvalue weighted by atomic mass is 9.96. The van der Waals surface area contributed by atoms with E-state index < -0.39 is 4.92 Å². The number of benzene rings is 2. The van der Waals surface area contributed by atoms with E-state index in [1.54, 1.807) is 12.1 Å². The maximum atomic E-state index is 11.3. The van der Waals surface area contributed by atoms with Crippen LogP contribution in [0.5, 0.6) is 5.75 Å². The summed E-state index contributed by atoms with van der Waals surface area (Å²) in [5.41, 5.74) is 3.89. The number of rotatable bonds is 5. The van der Waals surface area contributed by atoms with Gasteiger partial charge in [0, 0.05) is 34.6 Å². The van der Waals surface area contributed by atoms with Gasteiger partial charge in [-0.05, 0) is 56.9 Å². The Bertz CT molecular complexity index is 1120. The molecule has 1 aliphatic carbocycles. The van der Waals surface area contributed by atoms with Crippen LogP contribution in [0.25, 0.3) is 17.1 Å². The van der Waals surface area contributed by atoms with E-state index in [-0.39, 0.29) is 5.69 Å². The topological polar surface area (TPSA) is 70.2 Å². The van der Waals surface area contributed by atoms with E-state index in [0.29, 0.717) is 22.6 Å². The van der Waals surface area contributed by atoms with Crippen LogP contribution in [-0.2, 0) is 12.8 Å². The third-order valence-electron chi connectivity index (χ3n) is 5.11. The highest BCUT2D eigenvalue weighted by Gasteiger charge is 2.21. The lowest BCUT2D eigenvalue weighted by molar-refractivity contribution is -0.384. The van der Waals surface area contributed by atoms with Gasteiger partial charge in [0.1, 0.15) is 16.2 Å². The molecule has 4 rings (SSSR count).